The van der Waals surface area contributed by atoms with Crippen LogP contribution in [0, 0.1) is 0 Å². The highest BCUT2D eigenvalue weighted by molar-refractivity contribution is 7.80. The lowest BCUT2D eigenvalue weighted by Gasteiger charge is -2.32. The number of hydrogen-bond acceptors (Lipinski definition) is 4. The zero-order valence-corrected chi connectivity index (χ0v) is 10.4. The second kappa shape index (κ2) is 5.28. The van der Waals surface area contributed by atoms with Gasteiger partial charge >= 0.3 is 0 Å². The fourth-order valence-corrected chi connectivity index (χ4v) is 1.87. The molecular weight excluding hydrogens is 254 g/mol. The molecule has 0 aromatic carbocycles. The molecule has 2 rings (SSSR count). The molecule has 0 radical (unpaired) electrons. The number of thiocarbonyl (C=S) groups is 1. The molecule has 0 saturated carbocycles. The van der Waals surface area contributed by atoms with Crippen molar-refractivity contribution >= 4 is 23.1 Å². The summed E-state index contributed by atoms with van der Waals surface area (Å²) in [7, 11) is 0. The van der Waals surface area contributed by atoms with Crippen molar-refractivity contribution in [2.24, 2.45) is 5.73 Å². The van der Waals surface area contributed by atoms with Gasteiger partial charge in [0.25, 0.3) is 5.91 Å². The molecule has 96 valence electrons. The van der Waals surface area contributed by atoms with E-state index in [1.165, 1.54) is 18.3 Å². The molecule has 0 bridgehead atoms. The van der Waals surface area contributed by atoms with Crippen molar-refractivity contribution in [2.75, 3.05) is 19.7 Å². The molecule has 1 aromatic rings. The number of H-pyrrole nitrogens is 1. The lowest BCUT2D eigenvalue weighted by atomic mass is 10.2. The Labute approximate surface area is 109 Å². The first-order chi connectivity index (χ1) is 8.58. The van der Waals surface area contributed by atoms with Crippen LogP contribution in [0.1, 0.15) is 10.4 Å². The molecule has 1 amide bonds. The maximum absolute atomic E-state index is 12.1. The Morgan fingerprint density at radius 2 is 2.33 bits per heavy atom. The van der Waals surface area contributed by atoms with E-state index < -0.39 is 6.10 Å². The van der Waals surface area contributed by atoms with Crippen LogP contribution in [0.2, 0.25) is 0 Å². The number of hydrogen-bond donors (Lipinski definition) is 2. The van der Waals surface area contributed by atoms with E-state index in [1.807, 2.05) is 0 Å². The van der Waals surface area contributed by atoms with Gasteiger partial charge in [0.2, 0.25) is 5.56 Å². The second-order valence-electron chi connectivity index (χ2n) is 3.95. The van der Waals surface area contributed by atoms with Crippen molar-refractivity contribution in [1.29, 1.82) is 0 Å². The molecule has 1 fully saturated rings. The predicted octanol–water partition coefficient (Wildman–Crippen LogP) is -0.498. The highest BCUT2D eigenvalue weighted by atomic mass is 32.1. The molecule has 0 aliphatic carbocycles. The Balaban J connectivity index is 2.11. The summed E-state index contributed by atoms with van der Waals surface area (Å²) in [5, 5.41) is 0. The summed E-state index contributed by atoms with van der Waals surface area (Å²) in [5.41, 5.74) is 5.70. The number of aromatic amines is 1. The van der Waals surface area contributed by atoms with Gasteiger partial charge in [0.15, 0.2) is 0 Å². The van der Waals surface area contributed by atoms with Crippen molar-refractivity contribution in [3.05, 3.63) is 34.2 Å². The zero-order valence-electron chi connectivity index (χ0n) is 9.59. The van der Waals surface area contributed by atoms with Crippen molar-refractivity contribution in [3.63, 3.8) is 0 Å². The quantitative estimate of drug-likeness (QED) is 0.705. The van der Waals surface area contributed by atoms with Crippen LogP contribution in [0.5, 0.6) is 0 Å². The Morgan fingerprint density at radius 3 is 2.94 bits per heavy atom. The Morgan fingerprint density at radius 1 is 1.56 bits per heavy atom. The maximum atomic E-state index is 12.1. The largest absolute Gasteiger partial charge is 0.391 e. The van der Waals surface area contributed by atoms with Gasteiger partial charge in [-0.05, 0) is 6.07 Å². The molecule has 6 nitrogen and oxygen atoms in total. The van der Waals surface area contributed by atoms with E-state index in [4.69, 9.17) is 22.7 Å². The summed E-state index contributed by atoms with van der Waals surface area (Å²) in [4.78, 5) is 27.4. The van der Waals surface area contributed by atoms with Gasteiger partial charge in [0, 0.05) is 18.8 Å². The van der Waals surface area contributed by atoms with Gasteiger partial charge in [0.1, 0.15) is 11.1 Å². The van der Waals surface area contributed by atoms with Crippen LogP contribution < -0.4 is 11.3 Å². The molecule has 1 unspecified atom stereocenters. The molecule has 1 atom stereocenters. The molecule has 1 aliphatic heterocycles. The van der Waals surface area contributed by atoms with Gasteiger partial charge in [-0.1, -0.05) is 12.2 Å². The average Bonchev–Trinajstić information content (AvgIpc) is 2.39. The monoisotopic (exact) mass is 267 g/mol. The molecule has 1 aromatic heterocycles. The minimum Gasteiger partial charge on any atom is -0.391 e. The van der Waals surface area contributed by atoms with Crippen molar-refractivity contribution < 1.29 is 9.53 Å². The fourth-order valence-electron chi connectivity index (χ4n) is 1.73. The molecule has 18 heavy (non-hydrogen) atoms. The van der Waals surface area contributed by atoms with Crippen molar-refractivity contribution in [1.82, 2.24) is 9.88 Å². The van der Waals surface area contributed by atoms with Crippen molar-refractivity contribution in [2.45, 2.75) is 6.10 Å². The smallest absolute Gasteiger partial charge is 0.255 e. The maximum Gasteiger partial charge on any atom is 0.255 e. The van der Waals surface area contributed by atoms with E-state index in [0.29, 0.717) is 25.3 Å². The second-order valence-corrected chi connectivity index (χ2v) is 4.43. The van der Waals surface area contributed by atoms with E-state index in [0.717, 1.165) is 0 Å². The molecule has 1 saturated heterocycles. The third kappa shape index (κ3) is 2.74. The zero-order chi connectivity index (χ0) is 13.1. The van der Waals surface area contributed by atoms with E-state index >= 15 is 0 Å². The van der Waals surface area contributed by atoms with E-state index in [-0.39, 0.29) is 16.5 Å². The molecule has 7 heteroatoms. The highest BCUT2D eigenvalue weighted by Gasteiger charge is 2.26. The van der Waals surface area contributed by atoms with Gasteiger partial charge < -0.3 is 20.4 Å². The third-order valence-corrected chi connectivity index (χ3v) is 2.97. The van der Waals surface area contributed by atoms with Crippen LogP contribution in [0.15, 0.2) is 23.1 Å². The summed E-state index contributed by atoms with van der Waals surface area (Å²) in [6.07, 6.45) is 0.996. The number of rotatable bonds is 2. The number of carbonyl (C=O) groups excluding carboxylic acids is 1. The van der Waals surface area contributed by atoms with Crippen molar-refractivity contribution in [3.8, 4) is 0 Å². The Bertz CT molecular complexity index is 508. The third-order valence-electron chi connectivity index (χ3n) is 2.70. The minimum absolute atomic E-state index is 0.171. The number of nitrogens with one attached hydrogen (secondary N) is 1. The summed E-state index contributed by atoms with van der Waals surface area (Å²) < 4.78 is 5.36. The van der Waals surface area contributed by atoms with Gasteiger partial charge in [-0.3, -0.25) is 9.59 Å². The lowest BCUT2D eigenvalue weighted by Crippen LogP contribution is -2.50. The van der Waals surface area contributed by atoms with Gasteiger partial charge in [-0.2, -0.15) is 0 Å². The topological polar surface area (TPSA) is 88.4 Å². The number of morpholine rings is 1. The number of amides is 1. The SMILES string of the molecule is NC(=S)C1CN(C(=O)c2ccc(=O)[nH]c2)CCO1. The summed E-state index contributed by atoms with van der Waals surface area (Å²) in [6, 6.07) is 2.81. The Hall–Kier alpha value is -1.73. The number of ether oxygens (including phenoxy) is 1. The van der Waals surface area contributed by atoms with Gasteiger partial charge in [-0.15, -0.1) is 0 Å². The fraction of sp³-hybridized carbons (Fsp3) is 0.364. The number of pyridine rings is 1. The first-order valence-corrected chi connectivity index (χ1v) is 5.87. The standard InChI is InChI=1S/C11H13N3O3S/c12-10(18)8-6-14(3-4-17-8)11(16)7-1-2-9(15)13-5-7/h1-2,5,8H,3-4,6H2,(H2,12,18)(H,13,15). The summed E-state index contributed by atoms with van der Waals surface area (Å²) in [6.45, 7) is 1.22. The van der Waals surface area contributed by atoms with Gasteiger partial charge in [-0.25, -0.2) is 0 Å². The van der Waals surface area contributed by atoms with Crippen LogP contribution >= 0.6 is 12.2 Å². The normalized spacial score (nSPS) is 19.6. The van der Waals surface area contributed by atoms with E-state index in [9.17, 15) is 9.59 Å². The minimum atomic E-state index is -0.402. The predicted molar refractivity (Wildman–Crippen MR) is 69.5 cm³/mol. The van der Waals surface area contributed by atoms with E-state index in [2.05, 4.69) is 4.98 Å². The number of nitrogens with zero attached hydrogens (tertiary/aromatic N) is 1. The Kier molecular flexibility index (Phi) is 3.73. The van der Waals surface area contributed by atoms with Crippen LogP contribution in [0.3, 0.4) is 0 Å². The van der Waals surface area contributed by atoms with Gasteiger partial charge in [0.05, 0.1) is 18.7 Å². The number of carbonyl (C=O) groups is 1. The summed E-state index contributed by atoms with van der Waals surface area (Å²) >= 11 is 4.86. The van der Waals surface area contributed by atoms with Crippen LogP contribution in [0.4, 0.5) is 0 Å². The van der Waals surface area contributed by atoms with Crippen LogP contribution in [-0.4, -0.2) is 46.6 Å². The average molecular weight is 267 g/mol. The van der Waals surface area contributed by atoms with Crippen LogP contribution in [-0.2, 0) is 4.74 Å². The number of nitrogens with two attached hydrogens (primary N) is 1. The molecule has 1 aliphatic rings. The first-order valence-electron chi connectivity index (χ1n) is 5.47. The summed E-state index contributed by atoms with van der Waals surface area (Å²) in [5.74, 6) is -0.171. The molecular formula is C11H13N3O3S. The van der Waals surface area contributed by atoms with E-state index in [1.54, 1.807) is 4.90 Å². The molecule has 0 spiro atoms. The highest BCUT2D eigenvalue weighted by Crippen LogP contribution is 2.09. The molecule has 3 N–H and O–H groups in total. The first kappa shape index (κ1) is 12.7. The van der Waals surface area contributed by atoms with Crippen LogP contribution in [0.25, 0.3) is 0 Å². The lowest BCUT2D eigenvalue weighted by molar-refractivity contribution is 0.00876. The molecule has 2 heterocycles. The number of aromatic nitrogens is 1.